The van der Waals surface area contributed by atoms with Gasteiger partial charge < -0.3 is 15.0 Å². The number of hydrogen-bond donors (Lipinski definition) is 1. The maximum Gasteiger partial charge on any atom is 0.187 e. The minimum absolute atomic E-state index is 0.0287. The van der Waals surface area contributed by atoms with E-state index in [1.54, 1.807) is 12.1 Å². The van der Waals surface area contributed by atoms with Gasteiger partial charge in [0.05, 0.1) is 23.9 Å². The Morgan fingerprint density at radius 3 is 2.31 bits per heavy atom. The average molecular weight is 481 g/mol. The molecule has 32 heavy (non-hydrogen) atoms. The van der Waals surface area contributed by atoms with Gasteiger partial charge in [0.15, 0.2) is 19.7 Å². The highest BCUT2D eigenvalue weighted by atomic mass is 32.2. The predicted octanol–water partition coefficient (Wildman–Crippen LogP) is 2.14. The molecular weight excluding hydrogens is 448 g/mol. The summed E-state index contributed by atoms with van der Waals surface area (Å²) < 4.78 is 57.6. The molecule has 3 rings (SSSR count). The van der Waals surface area contributed by atoms with Crippen LogP contribution in [-0.2, 0) is 19.7 Å². The number of rotatable bonds is 8. The number of benzene rings is 2. The summed E-state index contributed by atoms with van der Waals surface area (Å²) in [4.78, 5) is 2.07. The number of nitrogens with zero attached hydrogens (tertiary/aromatic N) is 1. The van der Waals surface area contributed by atoms with Crippen molar-refractivity contribution in [2.75, 3.05) is 39.3 Å². The van der Waals surface area contributed by atoms with E-state index in [1.807, 2.05) is 63.2 Å². The summed E-state index contributed by atoms with van der Waals surface area (Å²) >= 11 is 0. The van der Waals surface area contributed by atoms with Crippen LogP contribution in [0, 0.1) is 13.8 Å². The van der Waals surface area contributed by atoms with Crippen molar-refractivity contribution in [2.45, 2.75) is 36.1 Å². The zero-order valence-corrected chi connectivity index (χ0v) is 20.8. The lowest BCUT2D eigenvalue weighted by molar-refractivity contribution is 0.282. The third-order valence-electron chi connectivity index (χ3n) is 6.17. The number of ether oxygens (including phenoxy) is 1. The fourth-order valence-corrected chi connectivity index (χ4v) is 9.10. The van der Waals surface area contributed by atoms with Crippen LogP contribution in [-0.4, -0.2) is 72.3 Å². The molecule has 0 aromatic heterocycles. The molecule has 3 atom stereocenters. The fraction of sp³-hybridized carbons (Fsp3) is 0.478. The lowest BCUT2D eigenvalue weighted by Crippen LogP contribution is -2.46. The molecule has 0 spiro atoms. The van der Waals surface area contributed by atoms with Gasteiger partial charge in [-0.05, 0) is 56.8 Å². The summed E-state index contributed by atoms with van der Waals surface area (Å²) in [6, 6.07) is 12.4. The maximum absolute atomic E-state index is 13.6. The largest absolute Gasteiger partial charge is 0.495 e. The van der Waals surface area contributed by atoms with E-state index in [1.165, 1.54) is 7.11 Å². The summed E-state index contributed by atoms with van der Waals surface area (Å²) in [6.07, 6.45) is 0. The van der Waals surface area contributed by atoms with Crippen LogP contribution in [0.5, 0.6) is 5.75 Å². The van der Waals surface area contributed by atoms with Crippen molar-refractivity contribution in [3.8, 4) is 5.75 Å². The SMILES string of the molecule is COc1cc(C)c(C)cc1S(=O)(=O)[C@H]1CS(=O)(=O)C[C@@H]1NCC(c1ccccc1)N(C)C. The first-order chi connectivity index (χ1) is 15.0. The lowest BCUT2D eigenvalue weighted by Gasteiger charge is -2.28. The highest BCUT2D eigenvalue weighted by molar-refractivity contribution is 7.96. The molecule has 1 N–H and O–H groups in total. The van der Waals surface area contributed by atoms with E-state index in [2.05, 4.69) is 5.32 Å². The molecule has 1 aliphatic heterocycles. The molecule has 1 heterocycles. The van der Waals surface area contributed by atoms with Gasteiger partial charge in [-0.25, -0.2) is 16.8 Å². The van der Waals surface area contributed by atoms with Crippen LogP contribution in [0.2, 0.25) is 0 Å². The van der Waals surface area contributed by atoms with Gasteiger partial charge >= 0.3 is 0 Å². The number of hydrogen-bond acceptors (Lipinski definition) is 7. The van der Waals surface area contributed by atoms with Gasteiger partial charge in [-0.2, -0.15) is 0 Å². The van der Waals surface area contributed by atoms with E-state index in [4.69, 9.17) is 4.74 Å². The van der Waals surface area contributed by atoms with Crippen molar-refractivity contribution in [1.82, 2.24) is 10.2 Å². The summed E-state index contributed by atoms with van der Waals surface area (Å²) in [5.41, 5.74) is 2.79. The molecule has 1 saturated heterocycles. The van der Waals surface area contributed by atoms with Gasteiger partial charge in [0, 0.05) is 18.6 Å². The third kappa shape index (κ3) is 5.17. The van der Waals surface area contributed by atoms with Gasteiger partial charge in [-0.3, -0.25) is 0 Å². The Morgan fingerprint density at radius 2 is 1.72 bits per heavy atom. The molecule has 1 unspecified atom stereocenters. The van der Waals surface area contributed by atoms with Crippen molar-refractivity contribution < 1.29 is 21.6 Å². The summed E-state index contributed by atoms with van der Waals surface area (Å²) in [7, 11) is -2.15. The fourth-order valence-electron chi connectivity index (χ4n) is 4.16. The normalized spacial score (nSPS) is 21.6. The van der Waals surface area contributed by atoms with Crippen molar-refractivity contribution in [3.63, 3.8) is 0 Å². The molecule has 0 bridgehead atoms. The van der Waals surface area contributed by atoms with Crippen LogP contribution in [0.25, 0.3) is 0 Å². The van der Waals surface area contributed by atoms with E-state index in [9.17, 15) is 16.8 Å². The maximum atomic E-state index is 13.6. The summed E-state index contributed by atoms with van der Waals surface area (Å²) in [6.45, 7) is 4.13. The molecule has 9 heteroatoms. The Morgan fingerprint density at radius 1 is 1.09 bits per heavy atom. The van der Waals surface area contributed by atoms with E-state index in [0.717, 1.165) is 16.7 Å². The second-order valence-corrected chi connectivity index (χ2v) is 12.9. The Bertz CT molecular complexity index is 1160. The Labute approximate surface area is 191 Å². The summed E-state index contributed by atoms with van der Waals surface area (Å²) in [5, 5.41) is 2.18. The number of aryl methyl sites for hydroxylation is 2. The third-order valence-corrected chi connectivity index (χ3v) is 10.3. The quantitative estimate of drug-likeness (QED) is 0.619. The molecular formula is C23H32N2O5S2. The first-order valence-corrected chi connectivity index (χ1v) is 13.9. The van der Waals surface area contributed by atoms with E-state index < -0.39 is 36.7 Å². The van der Waals surface area contributed by atoms with Crippen LogP contribution in [0.1, 0.15) is 22.7 Å². The highest BCUT2D eigenvalue weighted by Gasteiger charge is 2.46. The number of methoxy groups -OCH3 is 1. The van der Waals surface area contributed by atoms with Crippen molar-refractivity contribution in [2.24, 2.45) is 0 Å². The second-order valence-electron chi connectivity index (χ2n) is 8.65. The molecule has 2 aromatic carbocycles. The van der Waals surface area contributed by atoms with Gasteiger partial charge in [0.1, 0.15) is 10.6 Å². The molecule has 1 fully saturated rings. The van der Waals surface area contributed by atoms with E-state index >= 15 is 0 Å². The van der Waals surface area contributed by atoms with Gasteiger partial charge in [0.25, 0.3) is 0 Å². The smallest absolute Gasteiger partial charge is 0.187 e. The second kappa shape index (κ2) is 9.51. The number of sulfone groups is 2. The van der Waals surface area contributed by atoms with Gasteiger partial charge in [-0.1, -0.05) is 30.3 Å². The minimum Gasteiger partial charge on any atom is -0.495 e. The standard InChI is InChI=1S/C23H32N2O5S2/c1-16-11-21(30-5)22(12-17(16)2)32(28,29)23-15-31(26,27)14-19(23)24-13-20(25(3)4)18-9-7-6-8-10-18/h6-12,19-20,23-24H,13-15H2,1-5H3/t19-,20?,23-/m0/s1. The minimum atomic E-state index is -3.95. The topological polar surface area (TPSA) is 92.8 Å². The van der Waals surface area contributed by atoms with Crippen LogP contribution in [0.3, 0.4) is 0 Å². The molecule has 0 aliphatic carbocycles. The molecule has 0 saturated carbocycles. The first-order valence-electron chi connectivity index (χ1n) is 10.5. The zero-order valence-electron chi connectivity index (χ0n) is 19.2. The zero-order chi connectivity index (χ0) is 23.7. The van der Waals surface area contributed by atoms with Crippen LogP contribution in [0.15, 0.2) is 47.4 Å². The molecule has 0 radical (unpaired) electrons. The highest BCUT2D eigenvalue weighted by Crippen LogP contribution is 2.34. The molecule has 2 aromatic rings. The Balaban J connectivity index is 1.93. The summed E-state index contributed by atoms with van der Waals surface area (Å²) in [5.74, 6) is -0.369. The van der Waals surface area contributed by atoms with Gasteiger partial charge in [0.2, 0.25) is 0 Å². The van der Waals surface area contributed by atoms with Crippen LogP contribution < -0.4 is 10.1 Å². The molecule has 1 aliphatic rings. The first kappa shape index (κ1) is 24.7. The van der Waals surface area contributed by atoms with Crippen molar-refractivity contribution in [1.29, 1.82) is 0 Å². The number of likely N-dealkylation sites (N-methyl/N-ethyl adjacent to an activating group) is 1. The van der Waals surface area contributed by atoms with Crippen molar-refractivity contribution in [3.05, 3.63) is 59.2 Å². The van der Waals surface area contributed by atoms with Crippen molar-refractivity contribution >= 4 is 19.7 Å². The monoisotopic (exact) mass is 480 g/mol. The Hall–Kier alpha value is -1.94. The average Bonchev–Trinajstić information content (AvgIpc) is 3.05. The number of nitrogens with one attached hydrogen (secondary N) is 1. The molecule has 0 amide bonds. The van der Waals surface area contributed by atoms with E-state index in [0.29, 0.717) is 6.54 Å². The Kier molecular flexibility index (Phi) is 7.34. The molecule has 176 valence electrons. The molecule has 7 nitrogen and oxygen atoms in total. The van der Waals surface area contributed by atoms with Crippen LogP contribution in [0.4, 0.5) is 0 Å². The lowest BCUT2D eigenvalue weighted by atomic mass is 10.1. The predicted molar refractivity (Wildman–Crippen MR) is 127 cm³/mol. The van der Waals surface area contributed by atoms with Gasteiger partial charge in [-0.15, -0.1) is 0 Å². The van der Waals surface area contributed by atoms with Crippen LogP contribution >= 0.6 is 0 Å². The van der Waals surface area contributed by atoms with E-state index in [-0.39, 0.29) is 22.4 Å².